The van der Waals surface area contributed by atoms with Crippen LogP contribution in [0.25, 0.3) is 0 Å². The van der Waals surface area contributed by atoms with E-state index < -0.39 is 0 Å². The molecule has 1 unspecified atom stereocenters. The van der Waals surface area contributed by atoms with Gasteiger partial charge in [0.1, 0.15) is 5.75 Å². The summed E-state index contributed by atoms with van der Waals surface area (Å²) in [7, 11) is 3.62. The van der Waals surface area contributed by atoms with E-state index in [4.69, 9.17) is 10.5 Å². The topological polar surface area (TPSA) is 47.3 Å². The van der Waals surface area contributed by atoms with Gasteiger partial charge in [-0.1, -0.05) is 19.9 Å². The van der Waals surface area contributed by atoms with E-state index in [-0.39, 0.29) is 11.5 Å². The minimum absolute atomic E-state index is 0.00276. The van der Waals surface area contributed by atoms with Gasteiger partial charge in [-0.3, -0.25) is 0 Å². The molecule has 0 bridgehead atoms. The fourth-order valence-corrected chi connectivity index (χ4v) is 2.55. The van der Waals surface area contributed by atoms with Gasteiger partial charge in [0.05, 0.1) is 11.6 Å². The molecule has 1 aromatic rings. The van der Waals surface area contributed by atoms with Gasteiger partial charge in [0.25, 0.3) is 0 Å². The zero-order valence-corrected chi connectivity index (χ0v) is 12.5. The summed E-state index contributed by atoms with van der Waals surface area (Å²) in [6.45, 7) is 4.95. The molecule has 0 aromatic heterocycles. The van der Waals surface area contributed by atoms with Crippen LogP contribution in [-0.2, 0) is 0 Å². The van der Waals surface area contributed by atoms with Gasteiger partial charge in [-0.2, -0.15) is 0 Å². The summed E-state index contributed by atoms with van der Waals surface area (Å²) in [6.07, 6.45) is 0. The minimum atomic E-state index is 0.00276. The van der Waals surface area contributed by atoms with Crippen LogP contribution in [0.3, 0.4) is 0 Å². The quantitative estimate of drug-likeness (QED) is 0.879. The van der Waals surface area contributed by atoms with Crippen molar-refractivity contribution in [2.45, 2.75) is 19.9 Å². The van der Waals surface area contributed by atoms with Crippen molar-refractivity contribution in [3.8, 4) is 5.75 Å². The third-order valence-electron chi connectivity index (χ3n) is 3.11. The average Bonchev–Trinajstić information content (AvgIpc) is 2.30. The standard InChI is InChI=1S/C13H21BrN2O/c1-13(2,8-15)12(16-3)9-5-6-11(17-4)10(14)7-9/h5-7,12,16H,8,15H2,1-4H3. The highest BCUT2D eigenvalue weighted by Gasteiger charge is 2.28. The van der Waals surface area contributed by atoms with Crippen LogP contribution in [-0.4, -0.2) is 20.7 Å². The zero-order valence-electron chi connectivity index (χ0n) is 10.9. The molecular formula is C13H21BrN2O. The van der Waals surface area contributed by atoms with Gasteiger partial charge in [0.15, 0.2) is 0 Å². The van der Waals surface area contributed by atoms with Gasteiger partial charge >= 0.3 is 0 Å². The number of halogens is 1. The molecule has 0 aliphatic heterocycles. The number of hydrogen-bond donors (Lipinski definition) is 2. The van der Waals surface area contributed by atoms with Crippen LogP contribution in [0.5, 0.6) is 5.75 Å². The summed E-state index contributed by atoms with van der Waals surface area (Å²) in [6, 6.07) is 6.34. The Hall–Kier alpha value is -0.580. The highest BCUT2D eigenvalue weighted by molar-refractivity contribution is 9.10. The number of nitrogens with two attached hydrogens (primary N) is 1. The van der Waals surface area contributed by atoms with Crippen LogP contribution in [0, 0.1) is 5.41 Å². The second kappa shape index (κ2) is 5.85. The van der Waals surface area contributed by atoms with Crippen LogP contribution in [0.4, 0.5) is 0 Å². The third kappa shape index (κ3) is 3.21. The maximum Gasteiger partial charge on any atom is 0.133 e. The first-order valence-electron chi connectivity index (χ1n) is 5.67. The number of benzene rings is 1. The van der Waals surface area contributed by atoms with E-state index in [1.165, 1.54) is 5.56 Å². The van der Waals surface area contributed by atoms with Crippen LogP contribution >= 0.6 is 15.9 Å². The molecule has 0 radical (unpaired) electrons. The van der Waals surface area contributed by atoms with E-state index in [9.17, 15) is 0 Å². The van der Waals surface area contributed by atoms with Gasteiger partial charge in [0, 0.05) is 6.04 Å². The van der Waals surface area contributed by atoms with Crippen molar-refractivity contribution in [2.75, 3.05) is 20.7 Å². The smallest absolute Gasteiger partial charge is 0.133 e. The number of methoxy groups -OCH3 is 1. The van der Waals surface area contributed by atoms with E-state index >= 15 is 0 Å². The summed E-state index contributed by atoms with van der Waals surface area (Å²) in [4.78, 5) is 0. The predicted octanol–water partition coefficient (Wildman–Crippen LogP) is 2.70. The third-order valence-corrected chi connectivity index (χ3v) is 3.73. The SMILES string of the molecule is CNC(c1ccc(OC)c(Br)c1)C(C)(C)CN. The Morgan fingerprint density at radius 3 is 2.53 bits per heavy atom. The number of rotatable bonds is 5. The second-order valence-corrected chi connectivity index (χ2v) is 5.66. The van der Waals surface area contributed by atoms with E-state index in [2.05, 4.69) is 47.2 Å². The molecule has 1 aromatic carbocycles. The Kier molecular flexibility index (Phi) is 4.98. The summed E-state index contributed by atoms with van der Waals surface area (Å²) in [5.74, 6) is 0.842. The molecule has 0 amide bonds. The van der Waals surface area contributed by atoms with Crippen molar-refractivity contribution in [1.82, 2.24) is 5.32 Å². The highest BCUT2D eigenvalue weighted by atomic mass is 79.9. The Labute approximate surface area is 112 Å². The van der Waals surface area contributed by atoms with E-state index in [1.807, 2.05) is 13.1 Å². The summed E-state index contributed by atoms with van der Waals surface area (Å²) in [5, 5.41) is 3.33. The van der Waals surface area contributed by atoms with Gasteiger partial charge in [-0.15, -0.1) is 0 Å². The highest BCUT2D eigenvalue weighted by Crippen LogP contribution is 2.35. The molecule has 96 valence electrons. The number of hydrogen-bond acceptors (Lipinski definition) is 3. The summed E-state index contributed by atoms with van der Waals surface area (Å²) in [5.41, 5.74) is 7.04. The van der Waals surface area contributed by atoms with Crippen molar-refractivity contribution in [3.05, 3.63) is 28.2 Å². The lowest BCUT2D eigenvalue weighted by Crippen LogP contribution is -2.37. The van der Waals surface area contributed by atoms with Crippen molar-refractivity contribution in [2.24, 2.45) is 11.1 Å². The van der Waals surface area contributed by atoms with E-state index in [0.717, 1.165) is 10.2 Å². The Balaban J connectivity index is 3.09. The van der Waals surface area contributed by atoms with Crippen molar-refractivity contribution < 1.29 is 4.74 Å². The summed E-state index contributed by atoms with van der Waals surface area (Å²) < 4.78 is 6.20. The molecule has 0 heterocycles. The lowest BCUT2D eigenvalue weighted by atomic mass is 9.80. The normalized spacial score (nSPS) is 13.5. The maximum absolute atomic E-state index is 5.84. The molecule has 0 aliphatic carbocycles. The fraction of sp³-hybridized carbons (Fsp3) is 0.538. The molecular weight excluding hydrogens is 280 g/mol. The Morgan fingerprint density at radius 1 is 1.47 bits per heavy atom. The molecule has 1 rings (SSSR count). The lowest BCUT2D eigenvalue weighted by molar-refractivity contribution is 0.265. The van der Waals surface area contributed by atoms with Crippen molar-refractivity contribution in [1.29, 1.82) is 0 Å². The van der Waals surface area contributed by atoms with Crippen LogP contribution in [0.1, 0.15) is 25.5 Å². The molecule has 3 N–H and O–H groups in total. The minimum Gasteiger partial charge on any atom is -0.496 e. The molecule has 0 saturated carbocycles. The molecule has 4 heteroatoms. The van der Waals surface area contributed by atoms with Crippen molar-refractivity contribution in [3.63, 3.8) is 0 Å². The summed E-state index contributed by atoms with van der Waals surface area (Å²) >= 11 is 3.51. The first-order chi connectivity index (χ1) is 7.96. The van der Waals surface area contributed by atoms with E-state index in [0.29, 0.717) is 6.54 Å². The number of ether oxygens (including phenoxy) is 1. The molecule has 0 saturated heterocycles. The molecule has 0 aliphatic rings. The first kappa shape index (κ1) is 14.5. The maximum atomic E-state index is 5.84. The average molecular weight is 301 g/mol. The monoisotopic (exact) mass is 300 g/mol. The van der Waals surface area contributed by atoms with E-state index in [1.54, 1.807) is 7.11 Å². The van der Waals surface area contributed by atoms with Crippen LogP contribution in [0.2, 0.25) is 0 Å². The molecule has 1 atom stereocenters. The first-order valence-corrected chi connectivity index (χ1v) is 6.46. The predicted molar refractivity (Wildman–Crippen MR) is 75.3 cm³/mol. The fourth-order valence-electron chi connectivity index (χ4n) is 1.99. The zero-order chi connectivity index (χ0) is 13.1. The Bertz CT molecular complexity index is 380. The van der Waals surface area contributed by atoms with Crippen LogP contribution in [0.15, 0.2) is 22.7 Å². The lowest BCUT2D eigenvalue weighted by Gasteiger charge is -2.33. The molecule has 3 nitrogen and oxygen atoms in total. The largest absolute Gasteiger partial charge is 0.496 e. The van der Waals surface area contributed by atoms with Gasteiger partial charge < -0.3 is 15.8 Å². The molecule has 0 fully saturated rings. The van der Waals surface area contributed by atoms with Gasteiger partial charge in [-0.25, -0.2) is 0 Å². The molecule has 0 spiro atoms. The van der Waals surface area contributed by atoms with Gasteiger partial charge in [-0.05, 0) is 52.6 Å². The molecule has 17 heavy (non-hydrogen) atoms. The Morgan fingerprint density at radius 2 is 2.12 bits per heavy atom. The van der Waals surface area contributed by atoms with Crippen LogP contribution < -0.4 is 15.8 Å². The van der Waals surface area contributed by atoms with Crippen molar-refractivity contribution >= 4 is 15.9 Å². The van der Waals surface area contributed by atoms with Gasteiger partial charge in [0.2, 0.25) is 0 Å². The number of nitrogens with one attached hydrogen (secondary N) is 1. The second-order valence-electron chi connectivity index (χ2n) is 4.81.